The van der Waals surface area contributed by atoms with Gasteiger partial charge in [0.25, 0.3) is 0 Å². The largest absolute Gasteiger partial charge is 0.317 e. The topological polar surface area (TPSA) is 12.0 Å². The smallest absolute Gasteiger partial charge is 0.0108 e. The summed E-state index contributed by atoms with van der Waals surface area (Å²) in [5, 5.41) is 5.74. The van der Waals surface area contributed by atoms with Gasteiger partial charge >= 0.3 is 0 Å². The number of rotatable bonds is 2. The highest BCUT2D eigenvalue weighted by Gasteiger charge is 2.20. The summed E-state index contributed by atoms with van der Waals surface area (Å²) in [7, 11) is 2.08. The molecule has 1 aromatic heterocycles. The maximum absolute atomic E-state index is 3.39. The Morgan fingerprint density at radius 1 is 1.62 bits per heavy atom. The van der Waals surface area contributed by atoms with Crippen molar-refractivity contribution < 1.29 is 0 Å². The summed E-state index contributed by atoms with van der Waals surface area (Å²) in [6, 6.07) is 0.715. The van der Waals surface area contributed by atoms with E-state index in [-0.39, 0.29) is 0 Å². The first-order valence-corrected chi connectivity index (χ1v) is 5.98. The predicted molar refractivity (Wildman–Crippen MR) is 58.6 cm³/mol. The van der Waals surface area contributed by atoms with E-state index in [1.54, 1.807) is 16.0 Å². The molecule has 1 heterocycles. The van der Waals surface area contributed by atoms with Crippen LogP contribution in [0.1, 0.15) is 29.3 Å². The number of fused-ring (bicyclic) bond motifs is 1. The molecule has 1 aromatic rings. The van der Waals surface area contributed by atoms with Crippen LogP contribution in [0, 0.1) is 0 Å². The minimum atomic E-state index is 0.715. The van der Waals surface area contributed by atoms with Crippen molar-refractivity contribution in [2.24, 2.45) is 0 Å². The van der Waals surface area contributed by atoms with Crippen molar-refractivity contribution >= 4 is 11.3 Å². The van der Waals surface area contributed by atoms with Crippen molar-refractivity contribution in [2.45, 2.75) is 38.6 Å². The molecular formula is C11H17NS. The molecule has 2 rings (SSSR count). The lowest BCUT2D eigenvalue weighted by Gasteiger charge is -2.22. The third kappa shape index (κ3) is 1.65. The number of likely N-dealkylation sites (N-methyl/N-ethyl adjacent to an activating group) is 1. The van der Waals surface area contributed by atoms with Crippen LogP contribution in [-0.4, -0.2) is 13.1 Å². The molecule has 1 aliphatic rings. The van der Waals surface area contributed by atoms with E-state index in [1.807, 2.05) is 11.3 Å². The Balaban J connectivity index is 2.25. The summed E-state index contributed by atoms with van der Waals surface area (Å²) in [4.78, 5) is 1.64. The minimum absolute atomic E-state index is 0.715. The Morgan fingerprint density at radius 2 is 2.46 bits per heavy atom. The van der Waals surface area contributed by atoms with E-state index in [2.05, 4.69) is 24.7 Å². The second-order valence-corrected chi connectivity index (χ2v) is 4.71. The second kappa shape index (κ2) is 3.81. The summed E-state index contributed by atoms with van der Waals surface area (Å²) in [6.45, 7) is 2.26. The van der Waals surface area contributed by atoms with E-state index in [1.165, 1.54) is 25.7 Å². The average molecular weight is 195 g/mol. The van der Waals surface area contributed by atoms with E-state index in [9.17, 15) is 0 Å². The molecular weight excluding hydrogens is 178 g/mol. The minimum Gasteiger partial charge on any atom is -0.317 e. The molecule has 1 N–H and O–H groups in total. The van der Waals surface area contributed by atoms with Crippen LogP contribution in [0.5, 0.6) is 0 Å². The summed E-state index contributed by atoms with van der Waals surface area (Å²) < 4.78 is 0. The highest BCUT2D eigenvalue weighted by molar-refractivity contribution is 7.10. The zero-order valence-electron chi connectivity index (χ0n) is 8.39. The van der Waals surface area contributed by atoms with Gasteiger partial charge in [-0.15, -0.1) is 11.3 Å². The second-order valence-electron chi connectivity index (χ2n) is 3.74. The molecule has 0 aromatic carbocycles. The van der Waals surface area contributed by atoms with Crippen molar-refractivity contribution in [3.8, 4) is 0 Å². The first-order valence-electron chi connectivity index (χ1n) is 5.10. The zero-order chi connectivity index (χ0) is 9.26. The molecule has 0 aliphatic heterocycles. The van der Waals surface area contributed by atoms with Crippen LogP contribution in [0.15, 0.2) is 5.38 Å². The van der Waals surface area contributed by atoms with Crippen molar-refractivity contribution in [3.63, 3.8) is 0 Å². The summed E-state index contributed by atoms with van der Waals surface area (Å²) in [5.41, 5.74) is 3.23. The first kappa shape index (κ1) is 9.22. The summed E-state index contributed by atoms with van der Waals surface area (Å²) in [6.07, 6.45) is 5.04. The lowest BCUT2D eigenvalue weighted by Crippen LogP contribution is -2.31. The van der Waals surface area contributed by atoms with Gasteiger partial charge < -0.3 is 5.32 Å². The van der Waals surface area contributed by atoms with Gasteiger partial charge in [0, 0.05) is 10.9 Å². The van der Waals surface area contributed by atoms with Gasteiger partial charge in [0.2, 0.25) is 0 Å². The lowest BCUT2D eigenvalue weighted by molar-refractivity contribution is 0.499. The average Bonchev–Trinajstić information content (AvgIpc) is 2.59. The Bertz CT molecular complexity index is 277. The van der Waals surface area contributed by atoms with Gasteiger partial charge in [-0.05, 0) is 49.2 Å². The number of hydrogen-bond donors (Lipinski definition) is 1. The quantitative estimate of drug-likeness (QED) is 0.764. The van der Waals surface area contributed by atoms with E-state index >= 15 is 0 Å². The van der Waals surface area contributed by atoms with Crippen LogP contribution in [0.4, 0.5) is 0 Å². The molecule has 1 nitrogen and oxygen atoms in total. The fraction of sp³-hybridized carbons (Fsp3) is 0.636. The highest BCUT2D eigenvalue weighted by Crippen LogP contribution is 2.30. The zero-order valence-corrected chi connectivity index (χ0v) is 9.21. The van der Waals surface area contributed by atoms with Crippen LogP contribution in [0.25, 0.3) is 0 Å². The molecule has 0 amide bonds. The first-order chi connectivity index (χ1) is 6.35. The number of hydrogen-bond acceptors (Lipinski definition) is 2. The Hall–Kier alpha value is -0.340. The molecule has 1 unspecified atom stereocenters. The van der Waals surface area contributed by atoms with E-state index in [0.29, 0.717) is 6.04 Å². The lowest BCUT2D eigenvalue weighted by atomic mass is 9.91. The molecule has 0 saturated heterocycles. The predicted octanol–water partition coefficient (Wildman–Crippen LogP) is 2.39. The van der Waals surface area contributed by atoms with Crippen molar-refractivity contribution in [2.75, 3.05) is 7.05 Å². The van der Waals surface area contributed by atoms with Gasteiger partial charge in [-0.25, -0.2) is 0 Å². The Morgan fingerprint density at radius 3 is 3.15 bits per heavy atom. The van der Waals surface area contributed by atoms with E-state index in [0.717, 1.165) is 0 Å². The normalized spacial score (nSPS) is 21.5. The highest BCUT2D eigenvalue weighted by atomic mass is 32.1. The molecule has 0 radical (unpaired) electrons. The number of thiophene rings is 1. The Labute approximate surface area is 84.2 Å². The van der Waals surface area contributed by atoms with Gasteiger partial charge in [-0.1, -0.05) is 6.92 Å². The van der Waals surface area contributed by atoms with Crippen LogP contribution in [-0.2, 0) is 19.3 Å². The molecule has 72 valence electrons. The Kier molecular flexibility index (Phi) is 2.70. The standard InChI is InChI=1S/C11H17NS/c1-3-8-7-13-11-5-4-9(12-2)6-10(8)11/h7,9,12H,3-6H2,1-2H3. The van der Waals surface area contributed by atoms with E-state index < -0.39 is 0 Å². The van der Waals surface area contributed by atoms with Crippen molar-refractivity contribution in [3.05, 3.63) is 21.4 Å². The molecule has 1 aliphatic carbocycles. The van der Waals surface area contributed by atoms with Crippen molar-refractivity contribution in [1.29, 1.82) is 0 Å². The number of nitrogens with one attached hydrogen (secondary N) is 1. The van der Waals surface area contributed by atoms with E-state index in [4.69, 9.17) is 0 Å². The van der Waals surface area contributed by atoms with Crippen LogP contribution < -0.4 is 5.32 Å². The molecule has 2 heteroatoms. The van der Waals surface area contributed by atoms with Gasteiger partial charge in [-0.3, -0.25) is 0 Å². The summed E-state index contributed by atoms with van der Waals surface area (Å²) in [5.74, 6) is 0. The van der Waals surface area contributed by atoms with Crippen LogP contribution in [0.3, 0.4) is 0 Å². The van der Waals surface area contributed by atoms with Crippen molar-refractivity contribution in [1.82, 2.24) is 5.32 Å². The fourth-order valence-electron chi connectivity index (χ4n) is 2.12. The van der Waals surface area contributed by atoms with Gasteiger partial charge in [0.15, 0.2) is 0 Å². The third-order valence-corrected chi connectivity index (χ3v) is 4.16. The third-order valence-electron chi connectivity index (χ3n) is 3.03. The molecule has 0 saturated carbocycles. The SMILES string of the molecule is CCc1csc2c1CC(NC)CC2. The van der Waals surface area contributed by atoms with Crippen LogP contribution >= 0.6 is 11.3 Å². The maximum Gasteiger partial charge on any atom is 0.0108 e. The molecule has 0 spiro atoms. The van der Waals surface area contributed by atoms with Crippen LogP contribution in [0.2, 0.25) is 0 Å². The van der Waals surface area contributed by atoms with Gasteiger partial charge in [-0.2, -0.15) is 0 Å². The molecule has 13 heavy (non-hydrogen) atoms. The monoisotopic (exact) mass is 195 g/mol. The summed E-state index contributed by atoms with van der Waals surface area (Å²) >= 11 is 1.96. The number of aryl methyl sites for hydroxylation is 2. The molecule has 0 fully saturated rings. The maximum atomic E-state index is 3.39. The molecule has 1 atom stereocenters. The van der Waals surface area contributed by atoms with Gasteiger partial charge in [0.05, 0.1) is 0 Å². The van der Waals surface area contributed by atoms with Gasteiger partial charge in [0.1, 0.15) is 0 Å². The molecule has 0 bridgehead atoms. The fourth-order valence-corrected chi connectivity index (χ4v) is 3.30.